The molecule has 4 heteroatoms. The van der Waals surface area contributed by atoms with Crippen LogP contribution in [0.25, 0.3) is 0 Å². The summed E-state index contributed by atoms with van der Waals surface area (Å²) in [5, 5.41) is 3.34. The van der Waals surface area contributed by atoms with Crippen molar-refractivity contribution in [1.82, 2.24) is 5.32 Å². The van der Waals surface area contributed by atoms with E-state index in [0.29, 0.717) is 24.1 Å². The lowest BCUT2D eigenvalue weighted by atomic mass is 9.96. The summed E-state index contributed by atoms with van der Waals surface area (Å²) >= 11 is 0. The smallest absolute Gasteiger partial charge is 0.189 e. The minimum atomic E-state index is 0.337. The number of ether oxygens (including phenoxy) is 1. The Bertz CT molecular complexity index is 261. The Hall–Kier alpha value is -0.770. The van der Waals surface area contributed by atoms with E-state index in [-0.39, 0.29) is 0 Å². The fraction of sp³-hybridized carbons (Fsp3) is 0.923. The minimum absolute atomic E-state index is 0.337. The molecule has 0 aromatic heterocycles. The lowest BCUT2D eigenvalue weighted by Gasteiger charge is -2.28. The van der Waals surface area contributed by atoms with Crippen LogP contribution in [0.15, 0.2) is 4.99 Å². The van der Waals surface area contributed by atoms with Gasteiger partial charge in [0.1, 0.15) is 0 Å². The molecule has 2 rings (SSSR count). The normalized spacial score (nSPS) is 32.4. The molecule has 1 aliphatic carbocycles. The van der Waals surface area contributed by atoms with E-state index in [1.165, 1.54) is 32.1 Å². The van der Waals surface area contributed by atoms with Gasteiger partial charge in [-0.3, -0.25) is 4.99 Å². The Balaban J connectivity index is 1.78. The Morgan fingerprint density at radius 2 is 2.00 bits per heavy atom. The highest BCUT2D eigenvalue weighted by Gasteiger charge is 2.20. The highest BCUT2D eigenvalue weighted by molar-refractivity contribution is 5.78. The highest BCUT2D eigenvalue weighted by atomic mass is 16.5. The maximum Gasteiger partial charge on any atom is 0.189 e. The average Bonchev–Trinajstić information content (AvgIpc) is 2.30. The molecular weight excluding hydrogens is 214 g/mol. The fourth-order valence-corrected chi connectivity index (χ4v) is 2.78. The van der Waals surface area contributed by atoms with Crippen molar-refractivity contribution in [2.75, 3.05) is 6.61 Å². The second-order valence-electron chi connectivity index (χ2n) is 5.35. The van der Waals surface area contributed by atoms with Crippen LogP contribution in [0.5, 0.6) is 0 Å². The van der Waals surface area contributed by atoms with Gasteiger partial charge in [-0.1, -0.05) is 19.3 Å². The number of hydrogen-bond acceptors (Lipinski definition) is 2. The number of hydrogen-bond donors (Lipinski definition) is 2. The van der Waals surface area contributed by atoms with Gasteiger partial charge in [-0.2, -0.15) is 0 Å². The van der Waals surface area contributed by atoms with Crippen LogP contribution in [0.4, 0.5) is 0 Å². The summed E-state index contributed by atoms with van der Waals surface area (Å²) in [4.78, 5) is 4.60. The van der Waals surface area contributed by atoms with Gasteiger partial charge in [0.15, 0.2) is 5.96 Å². The Kier molecular flexibility index (Phi) is 4.66. The monoisotopic (exact) mass is 239 g/mol. The third-order valence-electron chi connectivity index (χ3n) is 3.73. The van der Waals surface area contributed by atoms with Crippen molar-refractivity contribution in [2.24, 2.45) is 10.7 Å². The maximum atomic E-state index is 5.98. The topological polar surface area (TPSA) is 59.6 Å². The van der Waals surface area contributed by atoms with Gasteiger partial charge in [0.2, 0.25) is 0 Å². The molecule has 4 nitrogen and oxygen atoms in total. The summed E-state index contributed by atoms with van der Waals surface area (Å²) in [5.41, 5.74) is 5.98. The zero-order valence-electron chi connectivity index (χ0n) is 10.8. The molecule has 0 radical (unpaired) electrons. The van der Waals surface area contributed by atoms with Crippen LogP contribution in [-0.2, 0) is 4.74 Å². The second-order valence-corrected chi connectivity index (χ2v) is 5.35. The van der Waals surface area contributed by atoms with Crippen molar-refractivity contribution in [3.8, 4) is 0 Å². The van der Waals surface area contributed by atoms with Gasteiger partial charge in [0.05, 0.1) is 12.1 Å². The van der Waals surface area contributed by atoms with E-state index in [1.54, 1.807) is 0 Å². The number of nitrogens with one attached hydrogen (secondary N) is 1. The lowest BCUT2D eigenvalue weighted by Crippen LogP contribution is -2.45. The van der Waals surface area contributed by atoms with Gasteiger partial charge in [-0.15, -0.1) is 0 Å². The van der Waals surface area contributed by atoms with Gasteiger partial charge >= 0.3 is 0 Å². The zero-order chi connectivity index (χ0) is 12.1. The van der Waals surface area contributed by atoms with Crippen LogP contribution in [0, 0.1) is 0 Å². The lowest BCUT2D eigenvalue weighted by molar-refractivity contribution is 0.0166. The standard InChI is InChI=1S/C13H25N3O/c1-10-9-12(7-8-17-10)16-13(14)15-11-5-3-2-4-6-11/h10-12H,2-9H2,1H3,(H3,14,15,16). The Morgan fingerprint density at radius 1 is 1.24 bits per heavy atom. The first-order valence-electron chi connectivity index (χ1n) is 6.95. The summed E-state index contributed by atoms with van der Waals surface area (Å²) < 4.78 is 5.52. The van der Waals surface area contributed by atoms with Crippen LogP contribution in [0.2, 0.25) is 0 Å². The zero-order valence-corrected chi connectivity index (χ0v) is 10.8. The molecular formula is C13H25N3O. The third-order valence-corrected chi connectivity index (χ3v) is 3.73. The predicted molar refractivity (Wildman–Crippen MR) is 70.1 cm³/mol. The molecule has 3 N–H and O–H groups in total. The summed E-state index contributed by atoms with van der Waals surface area (Å²) in [7, 11) is 0. The Labute approximate surface area is 104 Å². The maximum absolute atomic E-state index is 5.98. The van der Waals surface area contributed by atoms with Crippen molar-refractivity contribution < 1.29 is 4.74 Å². The quantitative estimate of drug-likeness (QED) is 0.570. The second kappa shape index (κ2) is 6.24. The molecule has 0 spiro atoms. The van der Waals surface area contributed by atoms with Crippen LogP contribution in [-0.4, -0.2) is 30.8 Å². The van der Waals surface area contributed by atoms with Gasteiger partial charge < -0.3 is 15.8 Å². The first-order chi connectivity index (χ1) is 8.24. The number of guanidine groups is 1. The van der Waals surface area contributed by atoms with Crippen molar-refractivity contribution in [1.29, 1.82) is 0 Å². The fourth-order valence-electron chi connectivity index (χ4n) is 2.78. The number of nitrogens with two attached hydrogens (primary N) is 1. The van der Waals surface area contributed by atoms with Crippen molar-refractivity contribution in [3.63, 3.8) is 0 Å². The van der Waals surface area contributed by atoms with E-state index in [0.717, 1.165) is 19.4 Å². The summed E-state index contributed by atoms with van der Waals surface area (Å²) in [6, 6.07) is 0.889. The predicted octanol–water partition coefficient (Wildman–Crippen LogP) is 1.79. The van der Waals surface area contributed by atoms with Crippen LogP contribution in [0.1, 0.15) is 51.9 Å². The summed E-state index contributed by atoms with van der Waals surface area (Å²) in [6.07, 6.45) is 8.76. The molecule has 1 heterocycles. The summed E-state index contributed by atoms with van der Waals surface area (Å²) in [5.74, 6) is 0.635. The summed E-state index contributed by atoms with van der Waals surface area (Å²) in [6.45, 7) is 2.94. The van der Waals surface area contributed by atoms with Gasteiger partial charge in [-0.25, -0.2) is 0 Å². The first kappa shape index (κ1) is 12.7. The molecule has 0 bridgehead atoms. The molecule has 98 valence electrons. The van der Waals surface area contributed by atoms with Crippen LogP contribution < -0.4 is 11.1 Å². The van der Waals surface area contributed by atoms with Crippen LogP contribution >= 0.6 is 0 Å². The van der Waals surface area contributed by atoms with Gasteiger partial charge in [0.25, 0.3) is 0 Å². The van der Waals surface area contributed by atoms with Crippen molar-refractivity contribution >= 4 is 5.96 Å². The molecule has 2 unspecified atom stereocenters. The molecule has 17 heavy (non-hydrogen) atoms. The van der Waals surface area contributed by atoms with E-state index in [1.807, 2.05) is 0 Å². The number of nitrogens with zero attached hydrogens (tertiary/aromatic N) is 1. The number of aliphatic imine (C=N–C) groups is 1. The highest BCUT2D eigenvalue weighted by Crippen LogP contribution is 2.20. The van der Waals surface area contributed by atoms with Gasteiger partial charge in [0, 0.05) is 12.6 Å². The van der Waals surface area contributed by atoms with E-state index in [2.05, 4.69) is 17.2 Å². The molecule has 1 aliphatic heterocycles. The molecule has 1 saturated heterocycles. The van der Waals surface area contributed by atoms with Gasteiger partial charge in [-0.05, 0) is 32.6 Å². The SMILES string of the molecule is CC1CC(NC(N)=NC2CCCCC2)CCO1. The first-order valence-corrected chi connectivity index (χ1v) is 6.95. The van der Waals surface area contributed by atoms with Crippen molar-refractivity contribution in [2.45, 2.75) is 70.1 Å². The van der Waals surface area contributed by atoms with E-state index < -0.39 is 0 Å². The molecule has 0 aromatic carbocycles. The Morgan fingerprint density at radius 3 is 2.71 bits per heavy atom. The molecule has 2 atom stereocenters. The van der Waals surface area contributed by atoms with Crippen LogP contribution in [0.3, 0.4) is 0 Å². The average molecular weight is 239 g/mol. The van der Waals surface area contributed by atoms with Crippen molar-refractivity contribution in [3.05, 3.63) is 0 Å². The molecule has 0 amide bonds. The minimum Gasteiger partial charge on any atom is -0.378 e. The molecule has 2 aliphatic rings. The number of rotatable bonds is 2. The van der Waals surface area contributed by atoms with E-state index >= 15 is 0 Å². The largest absolute Gasteiger partial charge is 0.378 e. The molecule has 0 aromatic rings. The van der Waals surface area contributed by atoms with E-state index in [4.69, 9.17) is 10.5 Å². The van der Waals surface area contributed by atoms with E-state index in [9.17, 15) is 0 Å². The molecule has 2 fully saturated rings. The molecule has 1 saturated carbocycles. The third kappa shape index (κ3) is 4.19.